The van der Waals surface area contributed by atoms with Crippen LogP contribution in [-0.2, 0) is 14.3 Å². The summed E-state index contributed by atoms with van der Waals surface area (Å²) < 4.78 is 5.84. The van der Waals surface area contributed by atoms with Gasteiger partial charge in [-0.15, -0.1) is 0 Å². The highest BCUT2D eigenvalue weighted by molar-refractivity contribution is 5.77. The maximum Gasteiger partial charge on any atom is 0.306 e. The van der Waals surface area contributed by atoms with Crippen molar-refractivity contribution in [3.63, 3.8) is 0 Å². The summed E-state index contributed by atoms with van der Waals surface area (Å²) in [6.07, 6.45) is 58.8. The van der Waals surface area contributed by atoms with Crippen molar-refractivity contribution in [2.45, 2.75) is 264 Å². The smallest absolute Gasteiger partial charge is 0.306 e. The van der Waals surface area contributed by atoms with Crippen LogP contribution in [0.3, 0.4) is 0 Å². The third kappa shape index (κ3) is 42.3. The molecule has 60 heavy (non-hydrogen) atoms. The Morgan fingerprint density at radius 2 is 0.867 bits per heavy atom. The van der Waals surface area contributed by atoms with Gasteiger partial charge in [-0.2, -0.15) is 0 Å². The van der Waals surface area contributed by atoms with Crippen molar-refractivity contribution in [1.82, 2.24) is 5.32 Å². The van der Waals surface area contributed by atoms with E-state index in [2.05, 4.69) is 32.2 Å². The fourth-order valence-corrected chi connectivity index (χ4v) is 7.63. The molecule has 0 fully saturated rings. The van der Waals surface area contributed by atoms with E-state index in [1.807, 2.05) is 54.7 Å². The van der Waals surface area contributed by atoms with Gasteiger partial charge in [-0.05, 0) is 19.3 Å². The van der Waals surface area contributed by atoms with Crippen LogP contribution in [0.25, 0.3) is 0 Å². The molecule has 0 spiro atoms. The van der Waals surface area contributed by atoms with Gasteiger partial charge in [0.05, 0.1) is 25.2 Å². The average Bonchev–Trinajstić information content (AvgIpc) is 3.24. The number of rotatable bonds is 45. The highest BCUT2D eigenvalue weighted by Crippen LogP contribution is 2.17. The molecule has 0 bridgehead atoms. The number of nitrogens with one attached hydrogen (secondary N) is 1. The van der Waals surface area contributed by atoms with Crippen molar-refractivity contribution in [3.05, 3.63) is 60.8 Å². The van der Waals surface area contributed by atoms with E-state index >= 15 is 0 Å². The minimum absolute atomic E-state index is 0.0171. The quantitative estimate of drug-likeness (QED) is 0.0322. The Labute approximate surface area is 371 Å². The first-order valence-corrected chi connectivity index (χ1v) is 25.6. The third-order valence-corrected chi connectivity index (χ3v) is 11.5. The topological polar surface area (TPSA) is 95.9 Å². The summed E-state index contributed by atoms with van der Waals surface area (Å²) in [7, 11) is 0. The van der Waals surface area contributed by atoms with Crippen molar-refractivity contribution in [2.24, 2.45) is 0 Å². The maximum absolute atomic E-state index is 13.1. The summed E-state index contributed by atoms with van der Waals surface area (Å²) in [6, 6.07) is -0.738. The molecule has 0 aromatic heterocycles. The first kappa shape index (κ1) is 57.6. The second kappa shape index (κ2) is 47.6. The molecule has 3 atom stereocenters. The van der Waals surface area contributed by atoms with Gasteiger partial charge in [0.1, 0.15) is 6.10 Å². The number of carbonyl (C=O) groups is 2. The second-order valence-corrected chi connectivity index (χ2v) is 17.3. The van der Waals surface area contributed by atoms with E-state index in [1.54, 1.807) is 0 Å². The summed E-state index contributed by atoms with van der Waals surface area (Å²) in [6.45, 7) is 6.31. The normalized spacial score (nSPS) is 13.8. The Morgan fingerprint density at radius 3 is 1.27 bits per heavy atom. The van der Waals surface area contributed by atoms with Gasteiger partial charge < -0.3 is 20.3 Å². The molecule has 348 valence electrons. The number of aliphatic hydroxyl groups excluding tert-OH is 2. The lowest BCUT2D eigenvalue weighted by atomic mass is 10.0. The number of allylic oxidation sites excluding steroid dienone is 9. The number of aliphatic hydroxyl groups is 2. The molecule has 1 amide bonds. The van der Waals surface area contributed by atoms with Crippen molar-refractivity contribution >= 4 is 11.9 Å². The van der Waals surface area contributed by atoms with Crippen LogP contribution in [0.1, 0.15) is 245 Å². The largest absolute Gasteiger partial charge is 0.461 e. The molecule has 0 aliphatic carbocycles. The van der Waals surface area contributed by atoms with Crippen LogP contribution >= 0.6 is 0 Å². The lowest BCUT2D eigenvalue weighted by molar-refractivity contribution is -0.150. The van der Waals surface area contributed by atoms with Crippen molar-refractivity contribution in [1.29, 1.82) is 0 Å². The number of hydrogen-bond donors (Lipinski definition) is 3. The molecule has 0 radical (unpaired) electrons. The number of unbranched alkanes of at least 4 members (excludes halogenated alkanes) is 28. The van der Waals surface area contributed by atoms with Crippen LogP contribution < -0.4 is 5.32 Å². The lowest BCUT2D eigenvalue weighted by Gasteiger charge is -2.24. The van der Waals surface area contributed by atoms with Gasteiger partial charge in [0, 0.05) is 12.8 Å². The first-order valence-electron chi connectivity index (χ1n) is 25.6. The molecule has 0 aromatic carbocycles. The molecular weight excluding hydrogens is 743 g/mol. The van der Waals surface area contributed by atoms with Crippen LogP contribution in [0.5, 0.6) is 0 Å². The molecule has 6 heteroatoms. The minimum Gasteiger partial charge on any atom is -0.461 e. The van der Waals surface area contributed by atoms with Crippen LogP contribution in [0, 0.1) is 0 Å². The standard InChI is InChI=1S/C54H97NO5/c1-4-7-10-13-16-19-22-24-26-28-31-34-37-40-43-46-52(57)51(49-56)55-53(58)48-50(45-42-39-36-33-30-21-18-15-12-9-6-3)60-54(59)47-44-41-38-35-32-29-27-25-23-20-17-14-11-8-5-2/h9,12,15,18,21,30,33,36,39,42,50-52,56-57H,4-8,10-11,13-14,16-17,19-20,22-29,31-32,34-35,37-38,40-41,43-49H2,1-3H3,(H,55,58)/b12-9+,18-15+,30-21-,36-33-,42-39+. The predicted molar refractivity (Wildman–Crippen MR) is 259 cm³/mol. The van der Waals surface area contributed by atoms with Gasteiger partial charge in [0.2, 0.25) is 5.91 Å². The fourth-order valence-electron chi connectivity index (χ4n) is 7.63. The average molecular weight is 840 g/mol. The third-order valence-electron chi connectivity index (χ3n) is 11.5. The molecule has 0 aliphatic heterocycles. The summed E-state index contributed by atoms with van der Waals surface area (Å²) >= 11 is 0. The summed E-state index contributed by atoms with van der Waals surface area (Å²) in [5, 5.41) is 23.7. The van der Waals surface area contributed by atoms with Crippen LogP contribution in [0.2, 0.25) is 0 Å². The van der Waals surface area contributed by atoms with Crippen molar-refractivity contribution in [3.8, 4) is 0 Å². The second-order valence-electron chi connectivity index (χ2n) is 17.3. The van der Waals surface area contributed by atoms with Gasteiger partial charge in [-0.1, -0.05) is 268 Å². The molecule has 0 heterocycles. The highest BCUT2D eigenvalue weighted by Gasteiger charge is 2.23. The summed E-state index contributed by atoms with van der Waals surface area (Å²) in [4.78, 5) is 26.0. The Hall–Kier alpha value is -2.44. The van der Waals surface area contributed by atoms with E-state index in [-0.39, 0.29) is 24.9 Å². The number of ether oxygens (including phenoxy) is 1. The van der Waals surface area contributed by atoms with Crippen molar-refractivity contribution < 1.29 is 24.5 Å². The molecule has 0 rings (SSSR count). The van der Waals surface area contributed by atoms with E-state index in [4.69, 9.17) is 4.74 Å². The van der Waals surface area contributed by atoms with Gasteiger partial charge in [0.15, 0.2) is 0 Å². The van der Waals surface area contributed by atoms with Crippen LogP contribution in [0.4, 0.5) is 0 Å². The van der Waals surface area contributed by atoms with Gasteiger partial charge in [-0.25, -0.2) is 0 Å². The summed E-state index contributed by atoms with van der Waals surface area (Å²) in [5.74, 6) is -0.602. The molecule has 0 saturated heterocycles. The molecule has 0 aliphatic rings. The number of hydrogen-bond acceptors (Lipinski definition) is 5. The van der Waals surface area contributed by atoms with Gasteiger partial charge in [0.25, 0.3) is 0 Å². The highest BCUT2D eigenvalue weighted by atomic mass is 16.5. The Balaban J connectivity index is 4.60. The molecule has 3 N–H and O–H groups in total. The predicted octanol–water partition coefficient (Wildman–Crippen LogP) is 15.2. The zero-order chi connectivity index (χ0) is 43.8. The molecule has 0 saturated carbocycles. The van der Waals surface area contributed by atoms with Crippen molar-refractivity contribution in [2.75, 3.05) is 6.61 Å². The minimum atomic E-state index is -0.817. The lowest BCUT2D eigenvalue weighted by Crippen LogP contribution is -2.46. The zero-order valence-corrected chi connectivity index (χ0v) is 39.6. The van der Waals surface area contributed by atoms with E-state index in [0.29, 0.717) is 19.3 Å². The Morgan fingerprint density at radius 1 is 0.500 bits per heavy atom. The Kier molecular flexibility index (Phi) is 45.7. The zero-order valence-electron chi connectivity index (χ0n) is 39.6. The number of esters is 1. The van der Waals surface area contributed by atoms with E-state index < -0.39 is 18.2 Å². The van der Waals surface area contributed by atoms with E-state index in [1.165, 1.54) is 154 Å². The van der Waals surface area contributed by atoms with E-state index in [0.717, 1.165) is 44.9 Å². The molecule has 3 unspecified atom stereocenters. The number of carbonyl (C=O) groups excluding carboxylic acids is 2. The Bertz CT molecular complexity index is 1080. The molecular formula is C54H97NO5. The summed E-state index contributed by atoms with van der Waals surface area (Å²) in [5.41, 5.74) is 0. The van der Waals surface area contributed by atoms with Gasteiger partial charge in [-0.3, -0.25) is 9.59 Å². The van der Waals surface area contributed by atoms with Crippen LogP contribution in [0.15, 0.2) is 60.8 Å². The maximum atomic E-state index is 13.1. The molecule has 0 aromatic rings. The van der Waals surface area contributed by atoms with Gasteiger partial charge >= 0.3 is 5.97 Å². The van der Waals surface area contributed by atoms with E-state index in [9.17, 15) is 19.8 Å². The number of amides is 1. The monoisotopic (exact) mass is 840 g/mol. The first-order chi connectivity index (χ1) is 29.5. The molecule has 6 nitrogen and oxygen atoms in total. The van der Waals surface area contributed by atoms with Crippen LogP contribution in [-0.4, -0.2) is 46.9 Å². The SMILES string of the molecule is CC/C=C/C=C/C=C\C=C/C=C/CC(CC(=O)NC(CO)C(O)CCCCCCCCCCCCCCCCC)OC(=O)CCCCCCCCCCCCCCCCC. The fraction of sp³-hybridized carbons (Fsp3) is 0.778.